The lowest BCUT2D eigenvalue weighted by Gasteiger charge is -2.08. The number of carbonyl (C=O) groups excluding carboxylic acids is 1. The molecule has 3 heteroatoms. The van der Waals surface area contributed by atoms with Crippen LogP contribution in [0.2, 0.25) is 0 Å². The molecule has 3 aromatic rings. The number of para-hydroxylation sites is 1. The third-order valence-corrected chi connectivity index (χ3v) is 3.07. The molecule has 2 aromatic carbocycles. The van der Waals surface area contributed by atoms with E-state index in [9.17, 15) is 9.18 Å². The van der Waals surface area contributed by atoms with Crippen LogP contribution >= 0.6 is 0 Å². The maximum absolute atomic E-state index is 13.4. The van der Waals surface area contributed by atoms with Crippen LogP contribution in [0.4, 0.5) is 4.39 Å². The Morgan fingerprint density at radius 3 is 2.68 bits per heavy atom. The van der Waals surface area contributed by atoms with Crippen LogP contribution in [0.25, 0.3) is 22.0 Å². The summed E-state index contributed by atoms with van der Waals surface area (Å²) in [6.07, 6.45) is 2.42. The molecule has 2 nitrogen and oxygen atoms in total. The van der Waals surface area contributed by atoms with Crippen LogP contribution in [0.1, 0.15) is 10.4 Å². The van der Waals surface area contributed by atoms with E-state index in [0.717, 1.165) is 22.8 Å². The van der Waals surface area contributed by atoms with Gasteiger partial charge in [-0.1, -0.05) is 24.3 Å². The van der Waals surface area contributed by atoms with Crippen molar-refractivity contribution in [2.45, 2.75) is 0 Å². The Kier molecular flexibility index (Phi) is 2.80. The first-order chi connectivity index (χ1) is 9.29. The summed E-state index contributed by atoms with van der Waals surface area (Å²) in [5.41, 5.74) is 2.55. The van der Waals surface area contributed by atoms with Crippen LogP contribution in [0.5, 0.6) is 0 Å². The summed E-state index contributed by atoms with van der Waals surface area (Å²) in [6.45, 7) is 0. The van der Waals surface area contributed by atoms with E-state index in [2.05, 4.69) is 4.98 Å². The zero-order valence-electron chi connectivity index (χ0n) is 10.0. The van der Waals surface area contributed by atoms with Crippen LogP contribution in [0.3, 0.4) is 0 Å². The molecule has 0 saturated carbocycles. The second-order valence-corrected chi connectivity index (χ2v) is 4.23. The van der Waals surface area contributed by atoms with E-state index in [4.69, 9.17) is 0 Å². The summed E-state index contributed by atoms with van der Waals surface area (Å²) in [4.78, 5) is 15.4. The lowest BCUT2D eigenvalue weighted by molar-refractivity contribution is 0.112. The summed E-state index contributed by atoms with van der Waals surface area (Å²) in [6, 6.07) is 13.6. The molecular formula is C16H10FNO. The molecule has 0 amide bonds. The number of halogens is 1. The molecule has 0 aliphatic carbocycles. The van der Waals surface area contributed by atoms with Gasteiger partial charge in [0.1, 0.15) is 5.82 Å². The normalized spacial score (nSPS) is 10.6. The predicted octanol–water partition coefficient (Wildman–Crippen LogP) is 3.85. The van der Waals surface area contributed by atoms with Crippen molar-refractivity contribution in [2.75, 3.05) is 0 Å². The van der Waals surface area contributed by atoms with Crippen molar-refractivity contribution in [3.8, 4) is 11.1 Å². The highest BCUT2D eigenvalue weighted by Crippen LogP contribution is 2.29. The average Bonchev–Trinajstić information content (AvgIpc) is 2.46. The highest BCUT2D eigenvalue weighted by Gasteiger charge is 2.10. The second-order valence-electron chi connectivity index (χ2n) is 4.23. The Bertz CT molecular complexity index is 762. The number of aldehydes is 1. The summed E-state index contributed by atoms with van der Waals surface area (Å²) in [7, 11) is 0. The maximum Gasteiger partial charge on any atom is 0.150 e. The fourth-order valence-corrected chi connectivity index (χ4v) is 2.19. The molecule has 0 N–H and O–H groups in total. The molecule has 0 aliphatic rings. The highest BCUT2D eigenvalue weighted by atomic mass is 19.1. The first kappa shape index (κ1) is 11.5. The minimum atomic E-state index is -0.367. The van der Waals surface area contributed by atoms with E-state index in [1.165, 1.54) is 18.2 Å². The minimum Gasteiger partial charge on any atom is -0.298 e. The molecule has 0 aliphatic heterocycles. The van der Waals surface area contributed by atoms with Gasteiger partial charge < -0.3 is 0 Å². The van der Waals surface area contributed by atoms with Crippen LogP contribution in [-0.4, -0.2) is 11.3 Å². The molecule has 1 heterocycles. The third kappa shape index (κ3) is 1.99. The summed E-state index contributed by atoms with van der Waals surface area (Å²) < 4.78 is 13.4. The topological polar surface area (TPSA) is 30.0 Å². The van der Waals surface area contributed by atoms with Gasteiger partial charge in [-0.2, -0.15) is 0 Å². The number of hydrogen-bond acceptors (Lipinski definition) is 2. The average molecular weight is 251 g/mol. The van der Waals surface area contributed by atoms with Gasteiger partial charge in [-0.15, -0.1) is 0 Å². The van der Waals surface area contributed by atoms with Crippen molar-refractivity contribution in [1.29, 1.82) is 0 Å². The van der Waals surface area contributed by atoms with Crippen LogP contribution < -0.4 is 0 Å². The number of fused-ring (bicyclic) bond motifs is 1. The van der Waals surface area contributed by atoms with Crippen molar-refractivity contribution in [3.63, 3.8) is 0 Å². The van der Waals surface area contributed by atoms with Gasteiger partial charge in [0.2, 0.25) is 0 Å². The van der Waals surface area contributed by atoms with Crippen molar-refractivity contribution in [1.82, 2.24) is 4.98 Å². The first-order valence-corrected chi connectivity index (χ1v) is 5.88. The summed E-state index contributed by atoms with van der Waals surface area (Å²) in [5, 5.41) is 0.959. The Balaban J connectivity index is 2.36. The number of carbonyl (C=O) groups is 1. The highest BCUT2D eigenvalue weighted by molar-refractivity contribution is 5.98. The number of aromatic nitrogens is 1. The third-order valence-electron chi connectivity index (χ3n) is 3.07. The van der Waals surface area contributed by atoms with Crippen molar-refractivity contribution >= 4 is 17.2 Å². The number of rotatable bonds is 2. The van der Waals surface area contributed by atoms with Crippen LogP contribution in [-0.2, 0) is 0 Å². The molecule has 0 saturated heterocycles. The van der Waals surface area contributed by atoms with Gasteiger partial charge in [-0.05, 0) is 29.8 Å². The molecule has 92 valence electrons. The number of benzene rings is 2. The quantitative estimate of drug-likeness (QED) is 0.647. The smallest absolute Gasteiger partial charge is 0.150 e. The van der Waals surface area contributed by atoms with Crippen molar-refractivity contribution in [3.05, 3.63) is 66.1 Å². The van der Waals surface area contributed by atoms with Crippen molar-refractivity contribution in [2.24, 2.45) is 0 Å². The molecule has 0 atom stereocenters. The zero-order chi connectivity index (χ0) is 13.2. The Morgan fingerprint density at radius 2 is 1.84 bits per heavy atom. The van der Waals surface area contributed by atoms with E-state index in [-0.39, 0.29) is 5.82 Å². The lowest BCUT2D eigenvalue weighted by Crippen LogP contribution is -1.91. The van der Waals surface area contributed by atoms with Gasteiger partial charge in [-0.3, -0.25) is 9.78 Å². The largest absolute Gasteiger partial charge is 0.298 e. The van der Waals surface area contributed by atoms with E-state index in [1.54, 1.807) is 6.20 Å². The Morgan fingerprint density at radius 1 is 1.00 bits per heavy atom. The SMILES string of the molecule is O=Cc1ccc(F)cc1-c1cccc2cccnc12. The Labute approximate surface area is 109 Å². The first-order valence-electron chi connectivity index (χ1n) is 5.88. The van der Waals surface area contributed by atoms with Gasteiger partial charge in [0.15, 0.2) is 6.29 Å². The maximum atomic E-state index is 13.4. The van der Waals surface area contributed by atoms with Gasteiger partial charge in [0.05, 0.1) is 5.52 Å². The van der Waals surface area contributed by atoms with Gasteiger partial charge in [-0.25, -0.2) is 4.39 Å². The molecule has 0 unspecified atom stereocenters. The molecule has 0 fully saturated rings. The molecule has 19 heavy (non-hydrogen) atoms. The molecule has 1 aromatic heterocycles. The fourth-order valence-electron chi connectivity index (χ4n) is 2.19. The molecule has 0 bridgehead atoms. The van der Waals surface area contributed by atoms with E-state index in [1.807, 2.05) is 30.3 Å². The molecule has 0 radical (unpaired) electrons. The van der Waals surface area contributed by atoms with Gasteiger partial charge >= 0.3 is 0 Å². The molecular weight excluding hydrogens is 241 g/mol. The second kappa shape index (κ2) is 4.61. The molecule has 0 spiro atoms. The van der Waals surface area contributed by atoms with Crippen molar-refractivity contribution < 1.29 is 9.18 Å². The van der Waals surface area contributed by atoms with Gasteiger partial charge in [0, 0.05) is 22.7 Å². The minimum absolute atomic E-state index is 0.367. The number of hydrogen-bond donors (Lipinski definition) is 0. The van der Waals surface area contributed by atoms with Gasteiger partial charge in [0.25, 0.3) is 0 Å². The lowest BCUT2D eigenvalue weighted by atomic mass is 9.97. The van der Waals surface area contributed by atoms with E-state index < -0.39 is 0 Å². The zero-order valence-corrected chi connectivity index (χ0v) is 10.0. The predicted molar refractivity (Wildman–Crippen MR) is 72.5 cm³/mol. The molecule has 3 rings (SSSR count). The number of pyridine rings is 1. The monoisotopic (exact) mass is 251 g/mol. The standard InChI is InChI=1S/C16H10FNO/c17-13-7-6-12(10-19)15(9-13)14-5-1-3-11-4-2-8-18-16(11)14/h1-10H. The summed E-state index contributed by atoms with van der Waals surface area (Å²) in [5.74, 6) is -0.367. The van der Waals surface area contributed by atoms with Crippen LogP contribution in [0.15, 0.2) is 54.7 Å². The summed E-state index contributed by atoms with van der Waals surface area (Å²) >= 11 is 0. The van der Waals surface area contributed by atoms with E-state index in [0.29, 0.717) is 11.1 Å². The Hall–Kier alpha value is -2.55. The van der Waals surface area contributed by atoms with Crippen LogP contribution in [0, 0.1) is 5.82 Å². The fraction of sp³-hybridized carbons (Fsp3) is 0. The number of nitrogens with zero attached hydrogens (tertiary/aromatic N) is 1. The van der Waals surface area contributed by atoms with E-state index >= 15 is 0 Å².